The monoisotopic (exact) mass is 292 g/mol. The third-order valence-electron chi connectivity index (χ3n) is 5.21. The van der Waals surface area contributed by atoms with Crippen molar-refractivity contribution in [2.45, 2.75) is 57.2 Å². The predicted octanol–water partition coefficient (Wildman–Crippen LogP) is 4.01. The van der Waals surface area contributed by atoms with Gasteiger partial charge in [0.05, 0.1) is 0 Å². The van der Waals surface area contributed by atoms with E-state index < -0.39 is 0 Å². The van der Waals surface area contributed by atoms with E-state index in [1.165, 1.54) is 37.8 Å². The minimum atomic E-state index is 0.374. The molecule has 2 aliphatic rings. The molecule has 2 nitrogen and oxygen atoms in total. The summed E-state index contributed by atoms with van der Waals surface area (Å²) in [6.45, 7) is 6.92. The quantitative estimate of drug-likeness (QED) is 0.886. The van der Waals surface area contributed by atoms with Crippen molar-refractivity contribution in [1.82, 2.24) is 10.2 Å². The molecule has 2 fully saturated rings. The lowest BCUT2D eigenvalue weighted by Crippen LogP contribution is -2.62. The Kier molecular flexibility index (Phi) is 4.07. The van der Waals surface area contributed by atoms with Gasteiger partial charge < -0.3 is 5.32 Å². The lowest BCUT2D eigenvalue weighted by molar-refractivity contribution is 0.0563. The smallest absolute Gasteiger partial charge is 0.0409 e. The Hall–Kier alpha value is -0.570. The Bertz CT molecular complexity index is 468. The molecule has 1 aromatic rings. The van der Waals surface area contributed by atoms with Crippen molar-refractivity contribution in [2.24, 2.45) is 0 Å². The molecule has 3 rings (SSSR count). The van der Waals surface area contributed by atoms with Gasteiger partial charge in [-0.2, -0.15) is 0 Å². The highest BCUT2D eigenvalue weighted by Gasteiger charge is 2.41. The number of rotatable bonds is 2. The van der Waals surface area contributed by atoms with Crippen molar-refractivity contribution in [3.63, 3.8) is 0 Å². The molecule has 2 atom stereocenters. The fourth-order valence-electron chi connectivity index (χ4n) is 3.91. The molecule has 0 bridgehead atoms. The first-order valence-electron chi connectivity index (χ1n) is 7.86. The van der Waals surface area contributed by atoms with Crippen molar-refractivity contribution in [3.05, 3.63) is 34.9 Å². The predicted molar refractivity (Wildman–Crippen MR) is 85.2 cm³/mol. The van der Waals surface area contributed by atoms with Gasteiger partial charge in [0.15, 0.2) is 0 Å². The maximum Gasteiger partial charge on any atom is 0.0409 e. The standard InChI is InChI=1S/C17H25ClN2/c1-13-11-19-17(8-3-4-9-17)12-20(13)14(2)15-6-5-7-16(18)10-15/h5-7,10,13-14,19H,3-4,8-9,11-12H2,1-2H3. The molecule has 0 amide bonds. The molecule has 1 aliphatic heterocycles. The van der Waals surface area contributed by atoms with Gasteiger partial charge in [-0.15, -0.1) is 0 Å². The van der Waals surface area contributed by atoms with Crippen LogP contribution in [0.2, 0.25) is 5.02 Å². The van der Waals surface area contributed by atoms with Gasteiger partial charge in [0.1, 0.15) is 0 Å². The highest BCUT2D eigenvalue weighted by Crippen LogP contribution is 2.36. The summed E-state index contributed by atoms with van der Waals surface area (Å²) in [7, 11) is 0. The van der Waals surface area contributed by atoms with Crippen LogP contribution in [0.15, 0.2) is 24.3 Å². The molecule has 0 aromatic heterocycles. The second kappa shape index (κ2) is 5.67. The zero-order valence-electron chi connectivity index (χ0n) is 12.5. The summed E-state index contributed by atoms with van der Waals surface area (Å²) in [5, 5.41) is 4.66. The lowest BCUT2D eigenvalue weighted by atomic mass is 9.90. The highest BCUT2D eigenvalue weighted by atomic mass is 35.5. The SMILES string of the molecule is CC1CNC2(CCCC2)CN1C(C)c1cccc(Cl)c1. The summed E-state index contributed by atoms with van der Waals surface area (Å²) in [6, 6.07) is 9.34. The third-order valence-corrected chi connectivity index (χ3v) is 5.45. The first-order chi connectivity index (χ1) is 9.60. The zero-order chi connectivity index (χ0) is 14.2. The van der Waals surface area contributed by atoms with Gasteiger partial charge in [-0.3, -0.25) is 4.90 Å². The van der Waals surface area contributed by atoms with E-state index in [-0.39, 0.29) is 0 Å². The molecule has 1 heterocycles. The second-order valence-corrected chi connectivity index (χ2v) is 7.06. The van der Waals surface area contributed by atoms with Gasteiger partial charge >= 0.3 is 0 Å². The number of piperazine rings is 1. The van der Waals surface area contributed by atoms with Crippen LogP contribution in [-0.4, -0.2) is 29.6 Å². The molecular weight excluding hydrogens is 268 g/mol. The van der Waals surface area contributed by atoms with Crippen LogP contribution in [0.5, 0.6) is 0 Å². The number of hydrogen-bond acceptors (Lipinski definition) is 2. The summed E-state index contributed by atoms with van der Waals surface area (Å²) in [4.78, 5) is 2.66. The molecule has 20 heavy (non-hydrogen) atoms. The molecule has 1 saturated heterocycles. The second-order valence-electron chi connectivity index (χ2n) is 6.62. The Balaban J connectivity index is 1.80. The molecule has 2 unspecified atom stereocenters. The Morgan fingerprint density at radius 3 is 2.80 bits per heavy atom. The average Bonchev–Trinajstić information content (AvgIpc) is 2.89. The van der Waals surface area contributed by atoms with E-state index in [1.54, 1.807) is 0 Å². The molecular formula is C17H25ClN2. The maximum absolute atomic E-state index is 6.15. The summed E-state index contributed by atoms with van der Waals surface area (Å²) >= 11 is 6.15. The van der Waals surface area contributed by atoms with E-state index in [0.29, 0.717) is 17.6 Å². The Morgan fingerprint density at radius 2 is 2.10 bits per heavy atom. The first-order valence-corrected chi connectivity index (χ1v) is 8.24. The molecule has 3 heteroatoms. The van der Waals surface area contributed by atoms with Crippen LogP contribution in [0.3, 0.4) is 0 Å². The first kappa shape index (κ1) is 14.4. The highest BCUT2D eigenvalue weighted by molar-refractivity contribution is 6.30. The normalized spacial score (nSPS) is 27.9. The molecule has 1 N–H and O–H groups in total. The van der Waals surface area contributed by atoms with Crippen molar-refractivity contribution in [1.29, 1.82) is 0 Å². The molecule has 1 saturated carbocycles. The fourth-order valence-corrected chi connectivity index (χ4v) is 4.10. The minimum absolute atomic E-state index is 0.374. The van der Waals surface area contributed by atoms with Crippen LogP contribution in [0.1, 0.15) is 51.1 Å². The number of hydrogen-bond donors (Lipinski definition) is 1. The van der Waals surface area contributed by atoms with Gasteiger partial charge in [0.25, 0.3) is 0 Å². The van der Waals surface area contributed by atoms with Gasteiger partial charge in [0.2, 0.25) is 0 Å². The number of halogens is 1. The van der Waals surface area contributed by atoms with Gasteiger partial charge in [-0.25, -0.2) is 0 Å². The fraction of sp³-hybridized carbons (Fsp3) is 0.647. The van der Waals surface area contributed by atoms with Gasteiger partial charge in [0, 0.05) is 35.7 Å². The molecule has 0 radical (unpaired) electrons. The number of nitrogens with zero attached hydrogens (tertiary/aromatic N) is 1. The summed E-state index contributed by atoms with van der Waals surface area (Å²) in [6.07, 6.45) is 5.42. The van der Waals surface area contributed by atoms with Crippen LogP contribution < -0.4 is 5.32 Å². The molecule has 1 aliphatic carbocycles. The molecule has 110 valence electrons. The topological polar surface area (TPSA) is 15.3 Å². The number of benzene rings is 1. The van der Waals surface area contributed by atoms with Crippen LogP contribution in [0, 0.1) is 0 Å². The summed E-state index contributed by atoms with van der Waals surface area (Å²) < 4.78 is 0. The van der Waals surface area contributed by atoms with Crippen LogP contribution in [0.4, 0.5) is 0 Å². The lowest BCUT2D eigenvalue weighted by Gasteiger charge is -2.48. The summed E-state index contributed by atoms with van der Waals surface area (Å²) in [5.74, 6) is 0. The molecule has 1 spiro atoms. The Morgan fingerprint density at radius 1 is 1.35 bits per heavy atom. The van der Waals surface area contributed by atoms with Crippen LogP contribution in [-0.2, 0) is 0 Å². The minimum Gasteiger partial charge on any atom is -0.308 e. The Labute approximate surface area is 127 Å². The van der Waals surface area contributed by atoms with Gasteiger partial charge in [-0.05, 0) is 44.4 Å². The van der Waals surface area contributed by atoms with E-state index in [9.17, 15) is 0 Å². The average molecular weight is 293 g/mol. The van der Waals surface area contributed by atoms with Crippen molar-refractivity contribution >= 4 is 11.6 Å². The van der Waals surface area contributed by atoms with E-state index in [1.807, 2.05) is 6.07 Å². The largest absolute Gasteiger partial charge is 0.308 e. The van der Waals surface area contributed by atoms with Crippen LogP contribution in [0.25, 0.3) is 0 Å². The van der Waals surface area contributed by atoms with Crippen LogP contribution >= 0.6 is 11.6 Å². The third kappa shape index (κ3) is 2.74. The van der Waals surface area contributed by atoms with E-state index >= 15 is 0 Å². The molecule has 1 aromatic carbocycles. The van der Waals surface area contributed by atoms with Crippen molar-refractivity contribution in [2.75, 3.05) is 13.1 Å². The number of nitrogens with one attached hydrogen (secondary N) is 1. The van der Waals surface area contributed by atoms with E-state index in [4.69, 9.17) is 11.6 Å². The van der Waals surface area contributed by atoms with Crippen molar-refractivity contribution in [3.8, 4) is 0 Å². The van der Waals surface area contributed by atoms with E-state index in [2.05, 4.69) is 42.3 Å². The maximum atomic E-state index is 6.15. The summed E-state index contributed by atoms with van der Waals surface area (Å²) in [5.41, 5.74) is 1.71. The van der Waals surface area contributed by atoms with Crippen molar-refractivity contribution < 1.29 is 0 Å². The van der Waals surface area contributed by atoms with E-state index in [0.717, 1.165) is 11.6 Å². The zero-order valence-corrected chi connectivity index (χ0v) is 13.3. The van der Waals surface area contributed by atoms with Gasteiger partial charge in [-0.1, -0.05) is 36.6 Å².